The van der Waals surface area contributed by atoms with Gasteiger partial charge in [0, 0.05) is 28.3 Å². The minimum atomic E-state index is 0.266. The summed E-state index contributed by atoms with van der Waals surface area (Å²) in [6.45, 7) is 2.34. The van der Waals surface area contributed by atoms with Gasteiger partial charge in [-0.3, -0.25) is 4.90 Å². The van der Waals surface area contributed by atoms with E-state index in [1.54, 1.807) is 17.8 Å². The van der Waals surface area contributed by atoms with Crippen LogP contribution in [0.15, 0.2) is 23.1 Å². The van der Waals surface area contributed by atoms with Gasteiger partial charge in [0.05, 0.1) is 11.6 Å². The molecule has 1 atom stereocenters. The molecule has 0 spiro atoms. The summed E-state index contributed by atoms with van der Waals surface area (Å²) in [6, 6.07) is 5.89. The molecular weight excluding hydrogens is 289 g/mol. The Kier molecular flexibility index (Phi) is 5.64. The summed E-state index contributed by atoms with van der Waals surface area (Å²) in [4.78, 5) is 3.38. The first kappa shape index (κ1) is 14.5. The molecule has 1 aliphatic rings. The maximum Gasteiger partial charge on any atom is 0.0586 e. The van der Waals surface area contributed by atoms with Crippen LogP contribution in [-0.2, 0) is 0 Å². The van der Waals surface area contributed by atoms with Gasteiger partial charge in [-0.25, -0.2) is 0 Å². The number of halogens is 2. The molecule has 5 heteroatoms. The molecule has 0 unspecified atom stereocenters. The van der Waals surface area contributed by atoms with Crippen LogP contribution in [0.25, 0.3) is 0 Å². The number of hydrogen-bond acceptors (Lipinski definition) is 3. The van der Waals surface area contributed by atoms with E-state index < -0.39 is 0 Å². The zero-order valence-electron chi connectivity index (χ0n) is 10.1. The van der Waals surface area contributed by atoms with Crippen LogP contribution in [0.5, 0.6) is 0 Å². The maximum atomic E-state index is 9.25. The molecule has 2 rings (SSSR count). The molecule has 1 aromatic carbocycles. The van der Waals surface area contributed by atoms with Crippen LogP contribution >= 0.6 is 35.0 Å². The molecule has 0 bridgehead atoms. The number of thioether (sulfide) groups is 1. The van der Waals surface area contributed by atoms with Crippen molar-refractivity contribution in [2.45, 2.75) is 23.8 Å². The van der Waals surface area contributed by atoms with Crippen molar-refractivity contribution < 1.29 is 5.11 Å². The molecule has 0 aromatic heterocycles. The number of rotatable bonds is 5. The molecule has 18 heavy (non-hydrogen) atoms. The molecule has 1 fully saturated rings. The third kappa shape index (κ3) is 3.78. The van der Waals surface area contributed by atoms with Gasteiger partial charge in [0.1, 0.15) is 0 Å². The van der Waals surface area contributed by atoms with Crippen LogP contribution in [0.3, 0.4) is 0 Å². The molecule has 2 nitrogen and oxygen atoms in total. The van der Waals surface area contributed by atoms with Crippen LogP contribution < -0.4 is 0 Å². The summed E-state index contributed by atoms with van der Waals surface area (Å²) in [5, 5.41) is 10.7. The Morgan fingerprint density at radius 1 is 1.39 bits per heavy atom. The summed E-state index contributed by atoms with van der Waals surface area (Å²) < 4.78 is 0. The lowest BCUT2D eigenvalue weighted by molar-refractivity contribution is 0.165. The first-order valence-corrected chi connectivity index (χ1v) is 7.87. The zero-order valence-corrected chi connectivity index (χ0v) is 12.4. The minimum Gasteiger partial charge on any atom is -0.395 e. The Labute approximate surface area is 122 Å². The van der Waals surface area contributed by atoms with Crippen molar-refractivity contribution in [2.75, 3.05) is 25.4 Å². The summed E-state index contributed by atoms with van der Waals surface area (Å²) >= 11 is 13.8. The van der Waals surface area contributed by atoms with Crippen LogP contribution in [-0.4, -0.2) is 41.5 Å². The third-order valence-electron chi connectivity index (χ3n) is 3.24. The van der Waals surface area contributed by atoms with Gasteiger partial charge < -0.3 is 5.11 Å². The van der Waals surface area contributed by atoms with E-state index in [0.29, 0.717) is 6.04 Å². The average Bonchev–Trinajstić information content (AvgIpc) is 2.81. The van der Waals surface area contributed by atoms with E-state index in [2.05, 4.69) is 4.90 Å². The van der Waals surface area contributed by atoms with Gasteiger partial charge in [0.15, 0.2) is 0 Å². The first-order valence-electron chi connectivity index (χ1n) is 6.13. The Balaban J connectivity index is 1.83. The predicted molar refractivity (Wildman–Crippen MR) is 78.9 cm³/mol. The average molecular weight is 306 g/mol. The second-order valence-corrected chi connectivity index (χ2v) is 6.42. The lowest BCUT2D eigenvalue weighted by Crippen LogP contribution is -2.33. The molecule has 1 aromatic rings. The van der Waals surface area contributed by atoms with Gasteiger partial charge in [0.2, 0.25) is 0 Å². The first-order chi connectivity index (χ1) is 8.70. The van der Waals surface area contributed by atoms with Crippen molar-refractivity contribution in [3.63, 3.8) is 0 Å². The Bertz CT molecular complexity index is 403. The predicted octanol–water partition coefficient (Wildman–Crippen LogP) is 3.54. The van der Waals surface area contributed by atoms with Crippen LogP contribution in [0.4, 0.5) is 0 Å². The number of likely N-dealkylation sites (tertiary alicyclic amines) is 1. The molecular formula is C13H17Cl2NOS. The molecule has 1 N–H and O–H groups in total. The van der Waals surface area contributed by atoms with Gasteiger partial charge in [-0.05, 0) is 37.6 Å². The monoisotopic (exact) mass is 305 g/mol. The lowest BCUT2D eigenvalue weighted by atomic mass is 10.2. The molecule has 100 valence electrons. The normalized spacial score (nSPS) is 20.5. The highest BCUT2D eigenvalue weighted by atomic mass is 35.5. The third-order valence-corrected chi connectivity index (χ3v) is 4.95. The fraction of sp³-hybridized carbons (Fsp3) is 0.538. The van der Waals surface area contributed by atoms with E-state index in [1.807, 2.05) is 12.1 Å². The molecule has 0 radical (unpaired) electrons. The summed E-state index contributed by atoms with van der Waals surface area (Å²) in [5.74, 6) is 0.969. The van der Waals surface area contributed by atoms with E-state index in [4.69, 9.17) is 23.2 Å². The topological polar surface area (TPSA) is 23.5 Å². The largest absolute Gasteiger partial charge is 0.395 e. The van der Waals surface area contributed by atoms with E-state index >= 15 is 0 Å². The van der Waals surface area contributed by atoms with Crippen LogP contribution in [0.1, 0.15) is 12.8 Å². The zero-order chi connectivity index (χ0) is 13.0. The maximum absolute atomic E-state index is 9.25. The minimum absolute atomic E-state index is 0.266. The lowest BCUT2D eigenvalue weighted by Gasteiger charge is -2.22. The van der Waals surface area contributed by atoms with Gasteiger partial charge in [0.25, 0.3) is 0 Å². The number of aliphatic hydroxyl groups is 1. The quantitative estimate of drug-likeness (QED) is 0.842. The standard InChI is InChI=1S/C13H17Cl2NOS/c14-10-3-4-12(15)13(8-10)18-7-6-16-5-1-2-11(16)9-17/h3-4,8,11,17H,1-2,5-7,9H2/t11-/m0/s1. The van der Waals surface area contributed by atoms with E-state index in [9.17, 15) is 5.11 Å². The second-order valence-electron chi connectivity index (χ2n) is 4.44. The SMILES string of the molecule is OC[C@@H]1CCCN1CCSc1cc(Cl)ccc1Cl. The Morgan fingerprint density at radius 2 is 2.22 bits per heavy atom. The van der Waals surface area contributed by atoms with Gasteiger partial charge >= 0.3 is 0 Å². The number of hydrogen-bond donors (Lipinski definition) is 1. The fourth-order valence-corrected chi connectivity index (χ4v) is 3.74. The smallest absolute Gasteiger partial charge is 0.0586 e. The Morgan fingerprint density at radius 3 is 3.00 bits per heavy atom. The van der Waals surface area contributed by atoms with Crippen molar-refractivity contribution in [1.82, 2.24) is 4.90 Å². The Hall–Kier alpha value is 0.0700. The second kappa shape index (κ2) is 7.01. The number of benzene rings is 1. The highest BCUT2D eigenvalue weighted by molar-refractivity contribution is 7.99. The molecule has 0 saturated carbocycles. The summed E-state index contributed by atoms with van der Waals surface area (Å²) in [6.07, 6.45) is 2.30. The molecule has 1 heterocycles. The van der Waals surface area contributed by atoms with E-state index in [1.165, 1.54) is 6.42 Å². The van der Waals surface area contributed by atoms with Crippen molar-refractivity contribution in [3.8, 4) is 0 Å². The van der Waals surface area contributed by atoms with E-state index in [0.717, 1.165) is 40.2 Å². The van der Waals surface area contributed by atoms with Crippen molar-refractivity contribution in [1.29, 1.82) is 0 Å². The van der Waals surface area contributed by atoms with Crippen molar-refractivity contribution in [2.24, 2.45) is 0 Å². The number of nitrogens with zero attached hydrogens (tertiary/aromatic N) is 1. The van der Waals surface area contributed by atoms with Crippen LogP contribution in [0, 0.1) is 0 Å². The summed E-state index contributed by atoms with van der Waals surface area (Å²) in [7, 11) is 0. The fourth-order valence-electron chi connectivity index (χ4n) is 2.26. The molecule has 0 amide bonds. The molecule has 1 saturated heterocycles. The van der Waals surface area contributed by atoms with Gasteiger partial charge in [-0.1, -0.05) is 23.2 Å². The molecule has 1 aliphatic heterocycles. The van der Waals surface area contributed by atoms with Crippen LogP contribution in [0.2, 0.25) is 10.0 Å². The number of aliphatic hydroxyl groups excluding tert-OH is 1. The summed E-state index contributed by atoms with van der Waals surface area (Å²) in [5.41, 5.74) is 0. The van der Waals surface area contributed by atoms with Crippen molar-refractivity contribution >= 4 is 35.0 Å². The van der Waals surface area contributed by atoms with E-state index in [-0.39, 0.29) is 6.61 Å². The molecule has 0 aliphatic carbocycles. The van der Waals surface area contributed by atoms with Gasteiger partial charge in [-0.2, -0.15) is 0 Å². The van der Waals surface area contributed by atoms with Gasteiger partial charge in [-0.15, -0.1) is 11.8 Å². The van der Waals surface area contributed by atoms with Crippen molar-refractivity contribution in [3.05, 3.63) is 28.2 Å². The highest BCUT2D eigenvalue weighted by Gasteiger charge is 2.22. The highest BCUT2D eigenvalue weighted by Crippen LogP contribution is 2.30.